The van der Waals surface area contributed by atoms with E-state index in [0.29, 0.717) is 5.82 Å². The molecule has 0 spiro atoms. The second-order valence-electron chi connectivity index (χ2n) is 4.65. The molecule has 4 rings (SSSR count). The van der Waals surface area contributed by atoms with E-state index in [4.69, 9.17) is 0 Å². The van der Waals surface area contributed by atoms with E-state index >= 15 is 0 Å². The minimum Gasteiger partial charge on any atom is -0.255 e. The molecule has 4 aromatic rings. The van der Waals surface area contributed by atoms with Gasteiger partial charge < -0.3 is 0 Å². The van der Waals surface area contributed by atoms with Crippen LogP contribution in [-0.4, -0.2) is 25.2 Å². The van der Waals surface area contributed by atoms with Crippen LogP contribution in [0.4, 0.5) is 0 Å². The maximum absolute atomic E-state index is 4.42. The van der Waals surface area contributed by atoms with Gasteiger partial charge in [0.1, 0.15) is 0 Å². The van der Waals surface area contributed by atoms with E-state index in [-0.39, 0.29) is 0 Å². The largest absolute Gasteiger partial charge is 0.255 e. The van der Waals surface area contributed by atoms with Crippen molar-refractivity contribution in [3.05, 3.63) is 66.9 Å². The molecule has 0 aliphatic heterocycles. The lowest BCUT2D eigenvalue weighted by Gasteiger charge is -1.99. The van der Waals surface area contributed by atoms with Crippen molar-refractivity contribution in [1.29, 1.82) is 0 Å². The van der Waals surface area contributed by atoms with Gasteiger partial charge in [-0.05, 0) is 29.5 Å². The highest BCUT2D eigenvalue weighted by Gasteiger charge is 2.08. The van der Waals surface area contributed by atoms with E-state index in [9.17, 15) is 0 Å². The summed E-state index contributed by atoms with van der Waals surface area (Å²) in [6.45, 7) is 0. The molecule has 0 saturated heterocycles. The van der Waals surface area contributed by atoms with Crippen molar-refractivity contribution in [2.75, 3.05) is 0 Å². The van der Waals surface area contributed by atoms with E-state index in [1.165, 1.54) is 4.80 Å². The highest BCUT2D eigenvalue weighted by Crippen LogP contribution is 2.19. The van der Waals surface area contributed by atoms with Crippen LogP contribution >= 0.6 is 0 Å². The zero-order chi connectivity index (χ0) is 14.1. The molecule has 0 unspecified atom stereocenters. The van der Waals surface area contributed by atoms with E-state index in [1.54, 1.807) is 6.20 Å². The second-order valence-corrected chi connectivity index (χ2v) is 4.65. The van der Waals surface area contributed by atoms with Crippen molar-refractivity contribution >= 4 is 10.9 Å². The van der Waals surface area contributed by atoms with Gasteiger partial charge in [-0.3, -0.25) is 4.98 Å². The van der Waals surface area contributed by atoms with Gasteiger partial charge in [-0.25, -0.2) is 0 Å². The number of hydrogen-bond donors (Lipinski definition) is 0. The number of tetrazole rings is 1. The van der Waals surface area contributed by atoms with Crippen molar-refractivity contribution in [2.24, 2.45) is 0 Å². The summed E-state index contributed by atoms with van der Waals surface area (Å²) in [7, 11) is 0. The lowest BCUT2D eigenvalue weighted by atomic mass is 10.1. The molecule has 0 N–H and O–H groups in total. The summed E-state index contributed by atoms with van der Waals surface area (Å²) < 4.78 is 0. The third kappa shape index (κ3) is 2.14. The summed E-state index contributed by atoms with van der Waals surface area (Å²) in [6.07, 6.45) is 1.77. The normalized spacial score (nSPS) is 10.9. The van der Waals surface area contributed by atoms with Gasteiger partial charge in [0.2, 0.25) is 5.82 Å². The average molecular weight is 273 g/mol. The van der Waals surface area contributed by atoms with Gasteiger partial charge in [0.15, 0.2) is 0 Å². The van der Waals surface area contributed by atoms with Gasteiger partial charge in [0, 0.05) is 17.1 Å². The first-order valence-electron chi connectivity index (χ1n) is 6.61. The Morgan fingerprint density at radius 3 is 2.57 bits per heavy atom. The molecule has 2 aromatic heterocycles. The third-order valence-electron chi connectivity index (χ3n) is 3.25. The minimum atomic E-state index is 0.567. The van der Waals surface area contributed by atoms with E-state index in [0.717, 1.165) is 22.2 Å². The summed E-state index contributed by atoms with van der Waals surface area (Å²) >= 11 is 0. The van der Waals surface area contributed by atoms with Crippen LogP contribution in [0.2, 0.25) is 0 Å². The molecular formula is C16H11N5. The zero-order valence-corrected chi connectivity index (χ0v) is 11.1. The highest BCUT2D eigenvalue weighted by molar-refractivity contribution is 5.82. The van der Waals surface area contributed by atoms with Crippen LogP contribution in [0.25, 0.3) is 28.0 Å². The zero-order valence-electron chi connectivity index (χ0n) is 11.1. The minimum absolute atomic E-state index is 0.567. The summed E-state index contributed by atoms with van der Waals surface area (Å²) in [5.41, 5.74) is 2.69. The van der Waals surface area contributed by atoms with Crippen LogP contribution in [0.3, 0.4) is 0 Å². The smallest absolute Gasteiger partial charge is 0.206 e. The van der Waals surface area contributed by atoms with Crippen molar-refractivity contribution in [2.45, 2.75) is 0 Å². The molecule has 0 fully saturated rings. The number of benzene rings is 2. The fraction of sp³-hybridized carbons (Fsp3) is 0. The van der Waals surface area contributed by atoms with Crippen LogP contribution in [0.15, 0.2) is 66.9 Å². The number of pyridine rings is 1. The van der Waals surface area contributed by atoms with E-state index in [1.807, 2.05) is 60.7 Å². The Balaban J connectivity index is 1.77. The van der Waals surface area contributed by atoms with E-state index in [2.05, 4.69) is 20.4 Å². The van der Waals surface area contributed by atoms with Crippen LogP contribution in [0.5, 0.6) is 0 Å². The number of para-hydroxylation sites is 2. The topological polar surface area (TPSA) is 56.5 Å². The molecule has 0 saturated carbocycles. The highest BCUT2D eigenvalue weighted by atomic mass is 15.6. The lowest BCUT2D eigenvalue weighted by molar-refractivity contribution is 0.720. The number of fused-ring (bicyclic) bond motifs is 1. The monoisotopic (exact) mass is 273 g/mol. The predicted octanol–water partition coefficient (Wildman–Crippen LogP) is 2.88. The summed E-state index contributed by atoms with van der Waals surface area (Å²) in [6, 6.07) is 19.7. The van der Waals surface area contributed by atoms with Crippen LogP contribution < -0.4 is 0 Å². The summed E-state index contributed by atoms with van der Waals surface area (Å²) in [5.74, 6) is 0.567. The molecule has 0 aliphatic rings. The van der Waals surface area contributed by atoms with Gasteiger partial charge in [0.05, 0.1) is 11.2 Å². The van der Waals surface area contributed by atoms with Gasteiger partial charge in [-0.1, -0.05) is 36.4 Å². The maximum Gasteiger partial charge on any atom is 0.206 e. The van der Waals surface area contributed by atoms with Gasteiger partial charge in [0.25, 0.3) is 0 Å². The molecule has 0 atom stereocenters. The number of nitrogens with zero attached hydrogens (tertiary/aromatic N) is 5. The maximum atomic E-state index is 4.42. The molecule has 100 valence electrons. The van der Waals surface area contributed by atoms with Crippen molar-refractivity contribution in [3.8, 4) is 17.1 Å². The van der Waals surface area contributed by atoms with E-state index < -0.39 is 0 Å². The first-order chi connectivity index (χ1) is 10.4. The standard InChI is InChI=1S/C16H11N5/c1-2-7-14(8-3-1)21-19-16(18-20-21)13-10-12-6-4-5-9-15(12)17-11-13/h1-11H. The third-order valence-corrected chi connectivity index (χ3v) is 3.25. The fourth-order valence-electron chi connectivity index (χ4n) is 2.19. The first kappa shape index (κ1) is 11.7. The predicted molar refractivity (Wildman–Crippen MR) is 79.9 cm³/mol. The van der Waals surface area contributed by atoms with Gasteiger partial charge in [-0.15, -0.1) is 15.0 Å². The molecule has 2 heterocycles. The summed E-state index contributed by atoms with van der Waals surface area (Å²) in [4.78, 5) is 5.94. The average Bonchev–Trinajstić information content (AvgIpc) is 3.05. The number of aromatic nitrogens is 5. The van der Waals surface area contributed by atoms with Crippen molar-refractivity contribution < 1.29 is 0 Å². The van der Waals surface area contributed by atoms with Crippen LogP contribution in [0, 0.1) is 0 Å². The Bertz CT molecular complexity index is 899. The Hall–Kier alpha value is -3.08. The molecular weight excluding hydrogens is 262 g/mol. The first-order valence-corrected chi connectivity index (χ1v) is 6.61. The van der Waals surface area contributed by atoms with Crippen molar-refractivity contribution in [3.63, 3.8) is 0 Å². The Kier molecular flexibility index (Phi) is 2.67. The Morgan fingerprint density at radius 1 is 0.857 bits per heavy atom. The van der Waals surface area contributed by atoms with Crippen molar-refractivity contribution in [1.82, 2.24) is 25.2 Å². The Labute approximate surface area is 120 Å². The molecule has 0 radical (unpaired) electrons. The quantitative estimate of drug-likeness (QED) is 0.563. The molecule has 5 nitrogen and oxygen atoms in total. The van der Waals surface area contributed by atoms with Gasteiger partial charge in [-0.2, -0.15) is 0 Å². The van der Waals surface area contributed by atoms with Crippen LogP contribution in [-0.2, 0) is 0 Å². The molecule has 0 amide bonds. The molecule has 2 aromatic carbocycles. The second kappa shape index (κ2) is 4.79. The van der Waals surface area contributed by atoms with Crippen LogP contribution in [0.1, 0.15) is 0 Å². The number of hydrogen-bond acceptors (Lipinski definition) is 4. The molecule has 0 bridgehead atoms. The van der Waals surface area contributed by atoms with Gasteiger partial charge >= 0.3 is 0 Å². The lowest BCUT2D eigenvalue weighted by Crippen LogP contribution is -1.98. The fourth-order valence-corrected chi connectivity index (χ4v) is 2.19. The Morgan fingerprint density at radius 2 is 1.67 bits per heavy atom. The number of rotatable bonds is 2. The SMILES string of the molecule is c1ccc(-n2nnc(-c3cnc4ccccc4c3)n2)cc1. The molecule has 5 heteroatoms. The molecule has 21 heavy (non-hydrogen) atoms. The summed E-state index contributed by atoms with van der Waals surface area (Å²) in [5, 5.41) is 13.7. The molecule has 0 aliphatic carbocycles.